The second kappa shape index (κ2) is 7.82. The minimum atomic E-state index is -0.849. The summed E-state index contributed by atoms with van der Waals surface area (Å²) in [5.74, 6) is -0.643. The predicted molar refractivity (Wildman–Crippen MR) is 125 cm³/mol. The standard InChI is InChI=1S/C28H21NO3/c1-18-11-14-21(15-12-18)29-26(22-9-5-6-10-23(22)28(29)32)27(31)24-17-20(13-16-25(24)30)19-7-3-2-4-8-19/h2-17,26,30H,1H3. The third kappa shape index (κ3) is 3.26. The number of carbonyl (C=O) groups is 2. The van der Waals surface area contributed by atoms with E-state index in [-0.39, 0.29) is 23.0 Å². The van der Waals surface area contributed by atoms with Gasteiger partial charge in [-0.05, 0) is 53.9 Å². The van der Waals surface area contributed by atoms with Crippen molar-refractivity contribution in [3.05, 3.63) is 119 Å². The molecule has 0 aliphatic carbocycles. The molecule has 156 valence electrons. The summed E-state index contributed by atoms with van der Waals surface area (Å²) in [6, 6.07) is 28.6. The first kappa shape index (κ1) is 19.8. The summed E-state index contributed by atoms with van der Waals surface area (Å²) in [4.78, 5) is 28.7. The SMILES string of the molecule is Cc1ccc(N2C(=O)c3ccccc3C2C(=O)c2cc(-c3ccccc3)ccc2O)cc1. The molecule has 0 spiro atoms. The van der Waals surface area contributed by atoms with Crippen LogP contribution in [0, 0.1) is 6.92 Å². The maximum Gasteiger partial charge on any atom is 0.259 e. The van der Waals surface area contributed by atoms with E-state index in [4.69, 9.17) is 0 Å². The zero-order chi connectivity index (χ0) is 22.2. The summed E-state index contributed by atoms with van der Waals surface area (Å²) in [5, 5.41) is 10.6. The average molecular weight is 419 g/mol. The van der Waals surface area contributed by atoms with Gasteiger partial charge in [-0.25, -0.2) is 0 Å². The lowest BCUT2D eigenvalue weighted by Gasteiger charge is -2.25. The summed E-state index contributed by atoms with van der Waals surface area (Å²) >= 11 is 0. The molecule has 0 radical (unpaired) electrons. The molecule has 4 heteroatoms. The van der Waals surface area contributed by atoms with Crippen molar-refractivity contribution in [3.63, 3.8) is 0 Å². The van der Waals surface area contributed by atoms with Gasteiger partial charge in [-0.2, -0.15) is 0 Å². The van der Waals surface area contributed by atoms with Crippen LogP contribution >= 0.6 is 0 Å². The third-order valence-corrected chi connectivity index (χ3v) is 5.89. The summed E-state index contributed by atoms with van der Waals surface area (Å²) < 4.78 is 0. The zero-order valence-electron chi connectivity index (χ0n) is 17.5. The van der Waals surface area contributed by atoms with Crippen LogP contribution in [0.15, 0.2) is 97.1 Å². The van der Waals surface area contributed by atoms with E-state index in [9.17, 15) is 14.7 Å². The number of anilines is 1. The lowest BCUT2D eigenvalue weighted by atomic mass is 9.93. The number of Topliss-reactive ketones (excluding diaryl/α,β-unsaturated/α-hetero) is 1. The van der Waals surface area contributed by atoms with Gasteiger partial charge in [0.05, 0.1) is 5.56 Å². The van der Waals surface area contributed by atoms with Gasteiger partial charge in [0.1, 0.15) is 11.8 Å². The Morgan fingerprint density at radius 1 is 0.812 bits per heavy atom. The first-order valence-electron chi connectivity index (χ1n) is 10.5. The fourth-order valence-electron chi connectivity index (χ4n) is 4.24. The maximum absolute atomic E-state index is 13.9. The number of hydrogen-bond acceptors (Lipinski definition) is 3. The molecule has 4 nitrogen and oxygen atoms in total. The lowest BCUT2D eigenvalue weighted by molar-refractivity contribution is 0.0914. The fraction of sp³-hybridized carbons (Fsp3) is 0.0714. The van der Waals surface area contributed by atoms with Gasteiger partial charge in [-0.15, -0.1) is 0 Å². The summed E-state index contributed by atoms with van der Waals surface area (Å²) in [7, 11) is 0. The van der Waals surface area contributed by atoms with Gasteiger partial charge in [0.2, 0.25) is 0 Å². The van der Waals surface area contributed by atoms with E-state index in [0.29, 0.717) is 16.8 Å². The molecule has 0 saturated carbocycles. The van der Waals surface area contributed by atoms with Gasteiger partial charge < -0.3 is 5.11 Å². The van der Waals surface area contributed by atoms with Crippen LogP contribution in [0.5, 0.6) is 5.75 Å². The molecule has 0 bridgehead atoms. The molecule has 4 aromatic carbocycles. The number of rotatable bonds is 4. The van der Waals surface area contributed by atoms with Crippen molar-refractivity contribution in [2.24, 2.45) is 0 Å². The molecule has 1 aliphatic heterocycles. The van der Waals surface area contributed by atoms with Crippen LogP contribution < -0.4 is 4.90 Å². The molecule has 1 atom stereocenters. The van der Waals surface area contributed by atoms with E-state index in [0.717, 1.165) is 16.7 Å². The molecule has 1 aliphatic rings. The minimum absolute atomic E-state index is 0.102. The van der Waals surface area contributed by atoms with Crippen LogP contribution in [-0.4, -0.2) is 16.8 Å². The number of hydrogen-bond donors (Lipinski definition) is 1. The number of amides is 1. The zero-order valence-corrected chi connectivity index (χ0v) is 17.5. The quantitative estimate of drug-likeness (QED) is 0.416. The Balaban J connectivity index is 1.64. The number of aromatic hydroxyl groups is 1. The van der Waals surface area contributed by atoms with E-state index in [1.807, 2.05) is 73.7 Å². The second-order valence-electron chi connectivity index (χ2n) is 7.96. The van der Waals surface area contributed by atoms with Crippen LogP contribution in [0.4, 0.5) is 5.69 Å². The number of aryl methyl sites for hydroxylation is 1. The summed E-state index contributed by atoms with van der Waals surface area (Å²) in [6.45, 7) is 1.97. The van der Waals surface area contributed by atoms with E-state index in [1.54, 1.807) is 24.3 Å². The number of fused-ring (bicyclic) bond motifs is 1. The van der Waals surface area contributed by atoms with Crippen molar-refractivity contribution in [1.29, 1.82) is 0 Å². The Morgan fingerprint density at radius 2 is 1.50 bits per heavy atom. The molecule has 1 heterocycles. The van der Waals surface area contributed by atoms with Gasteiger partial charge in [0, 0.05) is 11.3 Å². The molecule has 1 unspecified atom stereocenters. The highest BCUT2D eigenvalue weighted by atomic mass is 16.3. The molecule has 4 aromatic rings. The number of nitrogens with zero attached hydrogens (tertiary/aromatic N) is 1. The number of phenols is 1. The number of carbonyl (C=O) groups excluding carboxylic acids is 2. The highest BCUT2D eigenvalue weighted by Crippen LogP contribution is 2.41. The van der Waals surface area contributed by atoms with E-state index in [1.165, 1.54) is 11.0 Å². The van der Waals surface area contributed by atoms with Crippen LogP contribution in [0.1, 0.15) is 37.9 Å². The molecular weight excluding hydrogens is 398 g/mol. The van der Waals surface area contributed by atoms with Crippen LogP contribution in [0.25, 0.3) is 11.1 Å². The van der Waals surface area contributed by atoms with E-state index < -0.39 is 6.04 Å². The van der Waals surface area contributed by atoms with Gasteiger partial charge in [-0.1, -0.05) is 72.3 Å². The van der Waals surface area contributed by atoms with E-state index in [2.05, 4.69) is 0 Å². The van der Waals surface area contributed by atoms with Gasteiger partial charge >= 0.3 is 0 Å². The number of phenolic OH excluding ortho intramolecular Hbond substituents is 1. The molecule has 0 fully saturated rings. The minimum Gasteiger partial charge on any atom is -0.507 e. The van der Waals surface area contributed by atoms with Crippen molar-refractivity contribution in [2.75, 3.05) is 4.90 Å². The molecule has 0 aromatic heterocycles. The maximum atomic E-state index is 13.9. The summed E-state index contributed by atoms with van der Waals surface area (Å²) in [5.41, 5.74) is 4.82. The highest BCUT2D eigenvalue weighted by molar-refractivity contribution is 6.19. The van der Waals surface area contributed by atoms with Crippen molar-refractivity contribution in [1.82, 2.24) is 0 Å². The van der Waals surface area contributed by atoms with Gasteiger partial charge in [-0.3, -0.25) is 14.5 Å². The first-order valence-corrected chi connectivity index (χ1v) is 10.5. The smallest absolute Gasteiger partial charge is 0.259 e. The van der Waals surface area contributed by atoms with Gasteiger partial charge in [0.15, 0.2) is 5.78 Å². The molecule has 32 heavy (non-hydrogen) atoms. The Bertz CT molecular complexity index is 1330. The lowest BCUT2D eigenvalue weighted by Crippen LogP contribution is -2.32. The predicted octanol–water partition coefficient (Wildman–Crippen LogP) is 5.95. The molecule has 5 rings (SSSR count). The number of benzene rings is 4. The normalized spacial score (nSPS) is 15.0. The van der Waals surface area contributed by atoms with Gasteiger partial charge in [0.25, 0.3) is 5.91 Å². The Morgan fingerprint density at radius 3 is 2.25 bits per heavy atom. The van der Waals surface area contributed by atoms with Crippen molar-refractivity contribution in [3.8, 4) is 16.9 Å². The van der Waals surface area contributed by atoms with Crippen LogP contribution in [0.3, 0.4) is 0 Å². The second-order valence-corrected chi connectivity index (χ2v) is 7.96. The average Bonchev–Trinajstić information content (AvgIpc) is 3.12. The van der Waals surface area contributed by atoms with Crippen molar-refractivity contribution < 1.29 is 14.7 Å². The monoisotopic (exact) mass is 419 g/mol. The topological polar surface area (TPSA) is 57.6 Å². The molecular formula is C28H21NO3. The highest BCUT2D eigenvalue weighted by Gasteiger charge is 2.42. The number of ketones is 1. The molecule has 1 N–H and O–H groups in total. The molecule has 0 saturated heterocycles. The Hall–Kier alpha value is -4.18. The summed E-state index contributed by atoms with van der Waals surface area (Å²) in [6.07, 6.45) is 0. The van der Waals surface area contributed by atoms with E-state index >= 15 is 0 Å². The first-order chi connectivity index (χ1) is 15.5. The largest absolute Gasteiger partial charge is 0.507 e. The van der Waals surface area contributed by atoms with Crippen LogP contribution in [-0.2, 0) is 0 Å². The Kier molecular flexibility index (Phi) is 4.83. The van der Waals surface area contributed by atoms with Crippen LogP contribution in [0.2, 0.25) is 0 Å². The molecule has 1 amide bonds. The fourth-order valence-corrected chi connectivity index (χ4v) is 4.24. The van der Waals surface area contributed by atoms with Crippen molar-refractivity contribution >= 4 is 17.4 Å². The Labute approximate surface area is 186 Å². The van der Waals surface area contributed by atoms with Crippen molar-refractivity contribution in [2.45, 2.75) is 13.0 Å². The third-order valence-electron chi connectivity index (χ3n) is 5.89.